The van der Waals surface area contributed by atoms with Crippen LogP contribution < -0.4 is 5.32 Å². The van der Waals surface area contributed by atoms with Crippen LogP contribution in [0.5, 0.6) is 0 Å². The van der Waals surface area contributed by atoms with Crippen molar-refractivity contribution in [2.45, 2.75) is 6.04 Å². The molecule has 3 aromatic rings. The molecule has 0 aliphatic rings. The summed E-state index contributed by atoms with van der Waals surface area (Å²) < 4.78 is 0.944. The second-order valence-electron chi connectivity index (χ2n) is 4.92. The van der Waals surface area contributed by atoms with Crippen molar-refractivity contribution in [2.75, 3.05) is 5.32 Å². The highest BCUT2D eigenvalue weighted by Crippen LogP contribution is 2.29. The molecule has 0 aliphatic heterocycles. The second kappa shape index (κ2) is 6.76. The highest BCUT2D eigenvalue weighted by molar-refractivity contribution is 9.10. The quantitative estimate of drug-likeness (QED) is 0.544. The minimum Gasteiger partial charge on any atom is -0.366 e. The highest BCUT2D eigenvalue weighted by Gasteiger charge is 2.16. The number of nitrogens with zero attached hydrogens (tertiary/aromatic N) is 2. The SMILES string of the molecule is N#CC(Nc1ccc(Cl)cc1)c1cc2cc(Br)ccc2nc1Cl. The van der Waals surface area contributed by atoms with Crippen molar-refractivity contribution in [3.8, 4) is 6.07 Å². The van der Waals surface area contributed by atoms with Gasteiger partial charge in [-0.1, -0.05) is 39.1 Å². The third-order valence-corrected chi connectivity index (χ3v) is 4.40. The predicted molar refractivity (Wildman–Crippen MR) is 97.9 cm³/mol. The molecule has 1 heterocycles. The summed E-state index contributed by atoms with van der Waals surface area (Å²) in [5.41, 5.74) is 2.20. The zero-order valence-electron chi connectivity index (χ0n) is 11.7. The Hall–Kier alpha value is -1.80. The van der Waals surface area contributed by atoms with Crippen LogP contribution in [0.1, 0.15) is 11.6 Å². The molecule has 1 unspecified atom stereocenters. The molecule has 0 spiro atoms. The molecule has 3 nitrogen and oxygen atoms in total. The highest BCUT2D eigenvalue weighted by atomic mass is 79.9. The van der Waals surface area contributed by atoms with E-state index in [0.29, 0.717) is 15.7 Å². The van der Waals surface area contributed by atoms with Gasteiger partial charge in [0.25, 0.3) is 0 Å². The van der Waals surface area contributed by atoms with Crippen molar-refractivity contribution >= 4 is 55.7 Å². The lowest BCUT2D eigenvalue weighted by molar-refractivity contribution is 0.989. The number of nitriles is 1. The molecular formula is C17H10BrCl2N3. The Kier molecular flexibility index (Phi) is 4.72. The Morgan fingerprint density at radius 1 is 1.09 bits per heavy atom. The molecule has 0 fully saturated rings. The lowest BCUT2D eigenvalue weighted by Gasteiger charge is -2.15. The summed E-state index contributed by atoms with van der Waals surface area (Å²) in [6, 6.07) is 16.4. The van der Waals surface area contributed by atoms with Crippen molar-refractivity contribution in [2.24, 2.45) is 0 Å². The average molecular weight is 407 g/mol. The molecule has 23 heavy (non-hydrogen) atoms. The number of hydrogen-bond acceptors (Lipinski definition) is 3. The molecule has 1 aromatic heterocycles. The van der Waals surface area contributed by atoms with Gasteiger partial charge in [0.1, 0.15) is 11.2 Å². The Morgan fingerprint density at radius 2 is 1.83 bits per heavy atom. The summed E-state index contributed by atoms with van der Waals surface area (Å²) >= 11 is 15.6. The van der Waals surface area contributed by atoms with E-state index in [4.69, 9.17) is 23.2 Å². The van der Waals surface area contributed by atoms with Crippen molar-refractivity contribution in [3.05, 3.63) is 68.7 Å². The largest absolute Gasteiger partial charge is 0.366 e. The van der Waals surface area contributed by atoms with Crippen LogP contribution in [0.3, 0.4) is 0 Å². The fraction of sp³-hybridized carbons (Fsp3) is 0.0588. The van der Waals surface area contributed by atoms with Crippen molar-refractivity contribution in [3.63, 3.8) is 0 Å². The maximum Gasteiger partial charge on any atom is 0.143 e. The fourth-order valence-corrected chi connectivity index (χ4v) is 2.99. The molecule has 0 saturated carbocycles. The summed E-state index contributed by atoms with van der Waals surface area (Å²) in [4.78, 5) is 4.37. The van der Waals surface area contributed by atoms with E-state index in [-0.39, 0.29) is 0 Å². The van der Waals surface area contributed by atoms with Crippen LogP contribution in [-0.2, 0) is 0 Å². The van der Waals surface area contributed by atoms with Gasteiger partial charge in [-0.15, -0.1) is 0 Å². The van der Waals surface area contributed by atoms with Gasteiger partial charge in [0.05, 0.1) is 11.6 Å². The van der Waals surface area contributed by atoms with Crippen LogP contribution >= 0.6 is 39.1 Å². The van der Waals surface area contributed by atoms with Crippen molar-refractivity contribution < 1.29 is 0 Å². The lowest BCUT2D eigenvalue weighted by atomic mass is 10.1. The maximum absolute atomic E-state index is 9.51. The normalized spacial score (nSPS) is 11.9. The predicted octanol–water partition coefficient (Wildman–Crippen LogP) is 5.98. The van der Waals surface area contributed by atoms with E-state index in [1.165, 1.54) is 0 Å². The maximum atomic E-state index is 9.51. The summed E-state index contributed by atoms with van der Waals surface area (Å²) in [5, 5.41) is 14.5. The Labute approximate surface area is 152 Å². The number of fused-ring (bicyclic) bond motifs is 1. The standard InChI is InChI=1S/C17H10BrCl2N3/c18-11-1-6-15-10(7-11)8-14(17(20)23-15)16(9-21)22-13-4-2-12(19)3-5-13/h1-8,16,22H. The molecular weight excluding hydrogens is 397 g/mol. The zero-order valence-corrected chi connectivity index (χ0v) is 14.8. The summed E-state index contributed by atoms with van der Waals surface area (Å²) in [6.45, 7) is 0. The van der Waals surface area contributed by atoms with Gasteiger partial charge in [-0.2, -0.15) is 5.26 Å². The van der Waals surface area contributed by atoms with E-state index in [2.05, 4.69) is 32.3 Å². The Morgan fingerprint density at radius 3 is 2.52 bits per heavy atom. The van der Waals surface area contributed by atoms with Crippen molar-refractivity contribution in [1.29, 1.82) is 5.26 Å². The molecule has 0 radical (unpaired) electrons. The molecule has 0 saturated heterocycles. The van der Waals surface area contributed by atoms with Gasteiger partial charge in [-0.25, -0.2) is 4.98 Å². The van der Waals surface area contributed by atoms with Gasteiger partial charge in [0, 0.05) is 26.1 Å². The van der Waals surface area contributed by atoms with Crippen LogP contribution in [0.25, 0.3) is 10.9 Å². The molecule has 1 atom stereocenters. The van der Waals surface area contributed by atoms with Gasteiger partial charge in [0.15, 0.2) is 0 Å². The molecule has 0 bridgehead atoms. The zero-order chi connectivity index (χ0) is 16.4. The topological polar surface area (TPSA) is 48.7 Å². The second-order valence-corrected chi connectivity index (χ2v) is 6.63. The molecule has 2 aromatic carbocycles. The van der Waals surface area contributed by atoms with Gasteiger partial charge in [-0.3, -0.25) is 0 Å². The number of anilines is 1. The van der Waals surface area contributed by atoms with E-state index < -0.39 is 6.04 Å². The number of halogens is 3. The summed E-state index contributed by atoms with van der Waals surface area (Å²) in [7, 11) is 0. The van der Waals surface area contributed by atoms with Gasteiger partial charge < -0.3 is 5.32 Å². The summed E-state index contributed by atoms with van der Waals surface area (Å²) in [5.74, 6) is 0. The van der Waals surface area contributed by atoms with Crippen molar-refractivity contribution in [1.82, 2.24) is 4.98 Å². The van der Waals surface area contributed by atoms with Gasteiger partial charge in [0.2, 0.25) is 0 Å². The molecule has 0 amide bonds. The first-order chi connectivity index (χ1) is 11.1. The van der Waals surface area contributed by atoms with E-state index in [9.17, 15) is 5.26 Å². The van der Waals surface area contributed by atoms with E-state index in [0.717, 1.165) is 21.1 Å². The smallest absolute Gasteiger partial charge is 0.143 e. The molecule has 6 heteroatoms. The number of rotatable bonds is 3. The van der Waals surface area contributed by atoms with Crippen LogP contribution in [0, 0.1) is 11.3 Å². The van der Waals surface area contributed by atoms with E-state index >= 15 is 0 Å². The number of hydrogen-bond donors (Lipinski definition) is 1. The van der Waals surface area contributed by atoms with Gasteiger partial charge >= 0.3 is 0 Å². The fourth-order valence-electron chi connectivity index (χ4n) is 2.23. The third-order valence-electron chi connectivity index (χ3n) is 3.35. The first kappa shape index (κ1) is 16.1. The third kappa shape index (κ3) is 3.59. The van der Waals surface area contributed by atoms with Crippen LogP contribution in [0.4, 0.5) is 5.69 Å². The van der Waals surface area contributed by atoms with Crippen LogP contribution in [-0.4, -0.2) is 4.98 Å². The number of aromatic nitrogens is 1. The van der Waals surface area contributed by atoms with Gasteiger partial charge in [-0.05, 0) is 48.5 Å². The number of nitrogens with one attached hydrogen (secondary N) is 1. The number of benzene rings is 2. The molecule has 114 valence electrons. The van der Waals surface area contributed by atoms with E-state index in [1.807, 2.05) is 36.4 Å². The van der Waals surface area contributed by atoms with Crippen LogP contribution in [0.2, 0.25) is 10.2 Å². The Balaban J connectivity index is 2.00. The monoisotopic (exact) mass is 405 g/mol. The first-order valence-corrected chi connectivity index (χ1v) is 8.29. The average Bonchev–Trinajstić information content (AvgIpc) is 2.54. The Bertz CT molecular complexity index is 904. The minimum absolute atomic E-state index is 0.313. The molecule has 1 N–H and O–H groups in total. The van der Waals surface area contributed by atoms with E-state index in [1.54, 1.807) is 12.1 Å². The minimum atomic E-state index is -0.612. The first-order valence-electron chi connectivity index (χ1n) is 6.74. The number of pyridine rings is 1. The van der Waals surface area contributed by atoms with Crippen LogP contribution in [0.15, 0.2) is 53.0 Å². The molecule has 0 aliphatic carbocycles. The lowest BCUT2D eigenvalue weighted by Crippen LogP contribution is -2.09. The summed E-state index contributed by atoms with van der Waals surface area (Å²) in [6.07, 6.45) is 0. The molecule has 3 rings (SSSR count).